The number of unbranched alkanes of at least 4 members (excludes halogenated alkanes) is 3. The molecule has 8 nitrogen and oxygen atoms in total. The number of halogens is 3. The molecule has 0 atom stereocenters. The first-order chi connectivity index (χ1) is 20.7. The second-order valence-electron chi connectivity index (χ2n) is 18.2. The second-order valence-corrected chi connectivity index (χ2v) is 19.2. The summed E-state index contributed by atoms with van der Waals surface area (Å²) in [5.41, 5.74) is 7.12. The number of hydrogen-bond acceptors (Lipinski definition) is 8. The molecule has 0 radical (unpaired) electrons. The number of aromatic nitrogens is 3. The van der Waals surface area contributed by atoms with Crippen molar-refractivity contribution >= 4 is 34.8 Å². The molecule has 2 aliphatic rings. The van der Waals surface area contributed by atoms with Gasteiger partial charge in [-0.3, -0.25) is 0 Å². The van der Waals surface area contributed by atoms with E-state index < -0.39 is 0 Å². The van der Waals surface area contributed by atoms with Gasteiger partial charge < -0.3 is 27.0 Å². The van der Waals surface area contributed by atoms with Gasteiger partial charge in [-0.25, -0.2) is 0 Å². The quantitative estimate of drug-likeness (QED) is 0.154. The van der Waals surface area contributed by atoms with Crippen molar-refractivity contribution in [2.24, 2.45) is 11.1 Å². The zero-order valence-corrected chi connectivity index (χ0v) is 33.8. The number of rotatable bonds is 10. The summed E-state index contributed by atoms with van der Waals surface area (Å²) in [6.07, 6.45) is 11.3. The van der Waals surface area contributed by atoms with Crippen molar-refractivity contribution < 1.29 is 0 Å². The van der Waals surface area contributed by atoms with Gasteiger partial charge in [0.1, 0.15) is 0 Å². The molecular formula is C35H69Cl3N8. The zero-order valence-electron chi connectivity index (χ0n) is 31.5. The van der Waals surface area contributed by atoms with E-state index in [9.17, 15) is 0 Å². The molecule has 0 amide bonds. The van der Waals surface area contributed by atoms with Crippen molar-refractivity contribution in [2.45, 2.75) is 188 Å². The van der Waals surface area contributed by atoms with E-state index >= 15 is 0 Å². The molecule has 2 saturated heterocycles. The lowest BCUT2D eigenvalue weighted by Gasteiger charge is -2.47. The SMILES string of the molecule is CC(C)(C)CC(C)(C)N.CC1(C)CC(NCCCCCCNC2CC(C)(C)NC(C)(C)C2)CC(C)(C)N1.Clc1nc(Cl)nc(Cl)n1. The van der Waals surface area contributed by atoms with Gasteiger partial charge in [0.05, 0.1) is 0 Å². The van der Waals surface area contributed by atoms with Crippen LogP contribution in [0.3, 0.4) is 0 Å². The lowest BCUT2D eigenvalue weighted by molar-refractivity contribution is 0.145. The number of nitrogens with zero attached hydrogens (tertiary/aromatic N) is 3. The Morgan fingerprint density at radius 3 is 1.11 bits per heavy atom. The van der Waals surface area contributed by atoms with Gasteiger partial charge in [-0.2, -0.15) is 15.0 Å². The monoisotopic (exact) mass is 706 g/mol. The van der Waals surface area contributed by atoms with E-state index in [1.54, 1.807) is 0 Å². The maximum absolute atomic E-state index is 5.82. The molecule has 0 spiro atoms. The predicted molar refractivity (Wildman–Crippen MR) is 200 cm³/mol. The average Bonchev–Trinajstić information content (AvgIpc) is 2.74. The molecular weight excluding hydrogens is 639 g/mol. The Labute approximate surface area is 297 Å². The summed E-state index contributed by atoms with van der Waals surface area (Å²) in [5.74, 6) is 0. The van der Waals surface area contributed by atoms with E-state index in [1.165, 1.54) is 64.5 Å². The van der Waals surface area contributed by atoms with Gasteiger partial charge in [0.2, 0.25) is 15.9 Å². The molecule has 0 aromatic carbocycles. The molecule has 11 heteroatoms. The molecule has 1 aromatic rings. The van der Waals surface area contributed by atoms with Crippen molar-refractivity contribution in [3.63, 3.8) is 0 Å². The fourth-order valence-electron chi connectivity index (χ4n) is 7.82. The van der Waals surface area contributed by atoms with Crippen molar-refractivity contribution in [2.75, 3.05) is 13.1 Å². The fraction of sp³-hybridized carbons (Fsp3) is 0.914. The van der Waals surface area contributed by atoms with E-state index in [2.05, 4.69) is 126 Å². The van der Waals surface area contributed by atoms with E-state index in [0.717, 1.165) is 6.42 Å². The first kappa shape index (κ1) is 43.7. The fourth-order valence-corrected chi connectivity index (χ4v) is 8.43. The summed E-state index contributed by atoms with van der Waals surface area (Å²) in [4.78, 5) is 10.4. The van der Waals surface area contributed by atoms with Crippen molar-refractivity contribution in [3.05, 3.63) is 15.9 Å². The third-order valence-electron chi connectivity index (χ3n) is 7.89. The Morgan fingerprint density at radius 1 is 0.609 bits per heavy atom. The van der Waals surface area contributed by atoms with Crippen LogP contribution in [0.25, 0.3) is 0 Å². The molecule has 2 fully saturated rings. The Hall–Kier alpha value is -0.320. The minimum Gasteiger partial charge on any atom is -0.326 e. The Balaban J connectivity index is 0.000000476. The number of hydrogen-bond donors (Lipinski definition) is 5. The highest BCUT2D eigenvalue weighted by atomic mass is 35.5. The Kier molecular flexibility index (Phi) is 17.2. The summed E-state index contributed by atoms with van der Waals surface area (Å²) < 4.78 is 0. The molecule has 0 unspecified atom stereocenters. The number of piperidine rings is 2. The van der Waals surface area contributed by atoms with E-state index in [1.807, 2.05) is 0 Å². The van der Waals surface area contributed by atoms with Crippen LogP contribution in [0, 0.1) is 5.41 Å². The van der Waals surface area contributed by atoms with Crippen LogP contribution in [0.4, 0.5) is 0 Å². The molecule has 46 heavy (non-hydrogen) atoms. The number of nitrogens with two attached hydrogens (primary N) is 1. The molecule has 2 aliphatic heterocycles. The first-order valence-electron chi connectivity index (χ1n) is 17.2. The Morgan fingerprint density at radius 2 is 0.891 bits per heavy atom. The van der Waals surface area contributed by atoms with Crippen molar-refractivity contribution in [3.8, 4) is 0 Å². The van der Waals surface area contributed by atoms with Gasteiger partial charge in [0.15, 0.2) is 0 Å². The van der Waals surface area contributed by atoms with Gasteiger partial charge in [-0.05, 0) is 167 Å². The third-order valence-corrected chi connectivity index (χ3v) is 8.40. The largest absolute Gasteiger partial charge is 0.326 e. The highest BCUT2D eigenvalue weighted by Crippen LogP contribution is 2.30. The summed E-state index contributed by atoms with van der Waals surface area (Å²) in [5, 5.41) is 15.2. The average molecular weight is 708 g/mol. The van der Waals surface area contributed by atoms with Gasteiger partial charge in [0.25, 0.3) is 0 Å². The third kappa shape index (κ3) is 21.6. The molecule has 0 bridgehead atoms. The molecule has 3 heterocycles. The van der Waals surface area contributed by atoms with Gasteiger partial charge in [-0.15, -0.1) is 0 Å². The molecule has 1 aromatic heterocycles. The molecule has 0 aliphatic carbocycles. The summed E-state index contributed by atoms with van der Waals surface area (Å²) in [6, 6.07) is 1.30. The molecule has 0 saturated carbocycles. The van der Waals surface area contributed by atoms with Crippen LogP contribution >= 0.6 is 34.8 Å². The van der Waals surface area contributed by atoms with Crippen LogP contribution in [-0.2, 0) is 0 Å². The van der Waals surface area contributed by atoms with Crippen molar-refractivity contribution in [1.29, 1.82) is 0 Å². The Bertz CT molecular complexity index is 893. The van der Waals surface area contributed by atoms with E-state index in [0.29, 0.717) is 17.5 Å². The lowest BCUT2D eigenvalue weighted by atomic mass is 9.79. The predicted octanol–water partition coefficient (Wildman–Crippen LogP) is 8.34. The normalized spacial score (nSPS) is 21.1. The van der Waals surface area contributed by atoms with Crippen LogP contribution in [-0.4, -0.2) is 67.8 Å². The van der Waals surface area contributed by atoms with Gasteiger partial charge in [-0.1, -0.05) is 33.6 Å². The summed E-state index contributed by atoms with van der Waals surface area (Å²) in [7, 11) is 0. The number of nitrogens with one attached hydrogen (secondary N) is 4. The highest BCUT2D eigenvalue weighted by molar-refractivity contribution is 6.33. The molecule has 3 rings (SSSR count). The highest BCUT2D eigenvalue weighted by Gasteiger charge is 2.38. The minimum absolute atomic E-state index is 0.000000000000000444. The maximum atomic E-state index is 5.82. The second kappa shape index (κ2) is 18.1. The van der Waals surface area contributed by atoms with Gasteiger partial charge >= 0.3 is 0 Å². The molecule has 270 valence electrons. The topological polar surface area (TPSA) is 113 Å². The zero-order chi connectivity index (χ0) is 35.6. The van der Waals surface area contributed by atoms with Crippen LogP contribution in [0.2, 0.25) is 15.9 Å². The summed E-state index contributed by atoms with van der Waals surface area (Å²) >= 11 is 16.0. The van der Waals surface area contributed by atoms with Crippen LogP contribution < -0.4 is 27.0 Å². The van der Waals surface area contributed by atoms with Crippen LogP contribution in [0.15, 0.2) is 0 Å². The maximum Gasteiger partial charge on any atom is 0.227 e. The van der Waals surface area contributed by atoms with E-state index in [4.69, 9.17) is 40.5 Å². The van der Waals surface area contributed by atoms with Crippen molar-refractivity contribution in [1.82, 2.24) is 36.2 Å². The standard InChI is InChI=1S/C24H50N4.C8H19N.C3Cl3N3/c1-21(2)15-19(16-22(3,4)27-21)25-13-11-9-10-12-14-26-20-17-23(5,6)28-24(7,8)18-20;1-7(2,3)6-8(4,5)9;4-1-7-2(5)9-3(6)8-1/h19-20,25-28H,9-18H2,1-8H3;6,9H2,1-5H3;. The smallest absolute Gasteiger partial charge is 0.227 e. The minimum atomic E-state index is -0.0156. The first-order valence-corrected chi connectivity index (χ1v) is 18.4. The van der Waals surface area contributed by atoms with Crippen LogP contribution in [0.1, 0.15) is 148 Å². The lowest BCUT2D eigenvalue weighted by Crippen LogP contribution is -2.61. The van der Waals surface area contributed by atoms with E-state index in [-0.39, 0.29) is 43.5 Å². The van der Waals surface area contributed by atoms with Gasteiger partial charge in [0, 0.05) is 39.8 Å². The molecule has 6 N–H and O–H groups in total. The van der Waals surface area contributed by atoms with Crippen LogP contribution in [0.5, 0.6) is 0 Å². The summed E-state index contributed by atoms with van der Waals surface area (Å²) in [6.45, 7) is 31.8.